The van der Waals surface area contributed by atoms with Crippen molar-refractivity contribution in [1.82, 2.24) is 5.32 Å². The summed E-state index contributed by atoms with van der Waals surface area (Å²) in [5.74, 6) is -0.977. The van der Waals surface area contributed by atoms with E-state index in [0.29, 0.717) is 47.7 Å². The van der Waals surface area contributed by atoms with Gasteiger partial charge in [0.15, 0.2) is 5.78 Å². The summed E-state index contributed by atoms with van der Waals surface area (Å²) in [6.45, 7) is 3.95. The Kier molecular flexibility index (Phi) is 14.0. The molecule has 0 saturated heterocycles. The third kappa shape index (κ3) is 9.14. The number of rotatable bonds is 16. The molecular formula is C24H37ClN2O8. The van der Waals surface area contributed by atoms with E-state index in [0.717, 1.165) is 0 Å². The molecule has 0 aliphatic carbocycles. The van der Waals surface area contributed by atoms with Crippen LogP contribution in [0, 0.1) is 13.8 Å². The minimum atomic E-state index is -1.15. The predicted octanol–water partition coefficient (Wildman–Crippen LogP) is 0.849. The number of nitrogens with one attached hydrogen (secondary N) is 2. The molecule has 6 N–H and O–H groups in total. The zero-order chi connectivity index (χ0) is 26.5. The molecule has 0 aliphatic heterocycles. The van der Waals surface area contributed by atoms with Crippen LogP contribution in [0.15, 0.2) is 0 Å². The number of hydrogen-bond donors (Lipinski definition) is 6. The molecule has 2 unspecified atom stereocenters. The third-order valence-corrected chi connectivity index (χ3v) is 5.77. The van der Waals surface area contributed by atoms with E-state index in [4.69, 9.17) is 26.6 Å². The van der Waals surface area contributed by atoms with Gasteiger partial charge in [0.25, 0.3) is 5.91 Å². The maximum atomic E-state index is 13.2. The SMILES string of the molecule is CCc1c(NC(=O)COCCCCl)c(C)c(C(=O)NCC(O)CO)c(C)c1C(=O)CCC(O)CO. The van der Waals surface area contributed by atoms with Crippen molar-refractivity contribution in [3.8, 4) is 0 Å². The van der Waals surface area contributed by atoms with Gasteiger partial charge in [-0.2, -0.15) is 0 Å². The maximum absolute atomic E-state index is 13.2. The van der Waals surface area contributed by atoms with E-state index in [1.807, 2.05) is 6.92 Å². The van der Waals surface area contributed by atoms with Gasteiger partial charge < -0.3 is 35.8 Å². The Balaban J connectivity index is 3.48. The molecule has 2 atom stereocenters. The average molecular weight is 517 g/mol. The van der Waals surface area contributed by atoms with Crippen molar-refractivity contribution >= 4 is 34.9 Å². The second-order valence-corrected chi connectivity index (χ2v) is 8.57. The monoisotopic (exact) mass is 516 g/mol. The summed E-state index contributed by atoms with van der Waals surface area (Å²) in [6.07, 6.45) is -1.29. The normalized spacial score (nSPS) is 12.8. The van der Waals surface area contributed by atoms with E-state index in [-0.39, 0.29) is 42.9 Å². The second-order valence-electron chi connectivity index (χ2n) is 8.20. The number of ether oxygens (including phenoxy) is 1. The smallest absolute Gasteiger partial charge is 0.252 e. The van der Waals surface area contributed by atoms with Crippen LogP contribution in [-0.4, -0.2) is 89.1 Å². The molecule has 0 spiro atoms. The van der Waals surface area contributed by atoms with Crippen molar-refractivity contribution in [3.63, 3.8) is 0 Å². The van der Waals surface area contributed by atoms with Gasteiger partial charge in [0.05, 0.1) is 25.4 Å². The lowest BCUT2D eigenvalue weighted by Gasteiger charge is -2.23. The average Bonchev–Trinajstić information content (AvgIpc) is 2.84. The van der Waals surface area contributed by atoms with Crippen molar-refractivity contribution in [3.05, 3.63) is 27.8 Å². The summed E-state index contributed by atoms with van der Waals surface area (Å²) in [5.41, 5.74) is 2.13. The Bertz CT molecular complexity index is 878. The fourth-order valence-corrected chi connectivity index (χ4v) is 3.83. The first-order valence-electron chi connectivity index (χ1n) is 11.6. The molecule has 0 saturated carbocycles. The van der Waals surface area contributed by atoms with E-state index in [1.165, 1.54) is 0 Å². The standard InChI is InChI=1S/C24H37ClN2O8/c1-4-18-22(19(32)7-6-16(30)11-28)14(2)21(24(34)26-10-17(31)12-29)15(3)23(18)27-20(33)13-35-9-5-8-25/h16-17,28-31H,4-13H2,1-3H3,(H,26,34)(H,27,33). The molecule has 0 aliphatic rings. The molecule has 2 amide bonds. The van der Waals surface area contributed by atoms with Gasteiger partial charge in [-0.3, -0.25) is 14.4 Å². The van der Waals surface area contributed by atoms with Crippen LogP contribution in [0.25, 0.3) is 0 Å². The topological polar surface area (TPSA) is 165 Å². The number of anilines is 1. The van der Waals surface area contributed by atoms with E-state index in [1.54, 1.807) is 13.8 Å². The number of halogens is 1. The molecule has 0 bridgehead atoms. The third-order valence-electron chi connectivity index (χ3n) is 5.51. The molecule has 1 rings (SSSR count). The molecule has 198 valence electrons. The summed E-state index contributed by atoms with van der Waals surface area (Å²) in [6, 6.07) is 0. The van der Waals surface area contributed by atoms with Crippen molar-refractivity contribution in [1.29, 1.82) is 0 Å². The Hall–Kier alpha value is -2.08. The van der Waals surface area contributed by atoms with E-state index in [9.17, 15) is 24.6 Å². The largest absolute Gasteiger partial charge is 0.394 e. The minimum absolute atomic E-state index is 0.0339. The molecule has 0 aromatic heterocycles. The van der Waals surface area contributed by atoms with Gasteiger partial charge in [-0.25, -0.2) is 0 Å². The molecule has 0 fully saturated rings. The lowest BCUT2D eigenvalue weighted by atomic mass is 9.85. The highest BCUT2D eigenvalue weighted by molar-refractivity contribution is 6.17. The summed E-state index contributed by atoms with van der Waals surface area (Å²) >= 11 is 5.62. The first-order chi connectivity index (χ1) is 16.6. The highest BCUT2D eigenvalue weighted by Gasteiger charge is 2.27. The zero-order valence-corrected chi connectivity index (χ0v) is 21.3. The van der Waals surface area contributed by atoms with Crippen LogP contribution in [0.5, 0.6) is 0 Å². The van der Waals surface area contributed by atoms with Gasteiger partial charge in [-0.15, -0.1) is 11.6 Å². The number of carbonyl (C=O) groups is 3. The fourth-order valence-electron chi connectivity index (χ4n) is 3.72. The summed E-state index contributed by atoms with van der Waals surface area (Å²) in [7, 11) is 0. The number of carbonyl (C=O) groups excluding carboxylic acids is 3. The number of ketones is 1. The van der Waals surface area contributed by atoms with Crippen LogP contribution in [0.3, 0.4) is 0 Å². The van der Waals surface area contributed by atoms with Gasteiger partial charge in [0, 0.05) is 42.3 Å². The van der Waals surface area contributed by atoms with Crippen LogP contribution in [0.2, 0.25) is 0 Å². The van der Waals surface area contributed by atoms with Crippen LogP contribution in [0.4, 0.5) is 5.69 Å². The second kappa shape index (κ2) is 15.8. The molecular weight excluding hydrogens is 480 g/mol. The van der Waals surface area contributed by atoms with Gasteiger partial charge in [-0.05, 0) is 49.8 Å². The Labute approximate surface area is 210 Å². The number of amides is 2. The molecule has 0 heterocycles. The van der Waals surface area contributed by atoms with Crippen LogP contribution >= 0.6 is 11.6 Å². The van der Waals surface area contributed by atoms with Crippen LogP contribution in [-0.2, 0) is 16.0 Å². The van der Waals surface area contributed by atoms with Gasteiger partial charge >= 0.3 is 0 Å². The molecule has 11 heteroatoms. The maximum Gasteiger partial charge on any atom is 0.252 e. The van der Waals surface area contributed by atoms with Crippen LogP contribution in [0.1, 0.15) is 63.6 Å². The number of alkyl halides is 1. The molecule has 1 aromatic rings. The lowest BCUT2D eigenvalue weighted by Crippen LogP contribution is -2.35. The summed E-state index contributed by atoms with van der Waals surface area (Å²) < 4.78 is 5.31. The Morgan fingerprint density at radius 3 is 2.26 bits per heavy atom. The van der Waals surface area contributed by atoms with Crippen molar-refractivity contribution < 1.29 is 39.5 Å². The Morgan fingerprint density at radius 1 is 1.03 bits per heavy atom. The predicted molar refractivity (Wildman–Crippen MR) is 132 cm³/mol. The number of benzene rings is 1. The van der Waals surface area contributed by atoms with Gasteiger partial charge in [0.2, 0.25) is 5.91 Å². The van der Waals surface area contributed by atoms with Crippen molar-refractivity contribution in [2.45, 2.75) is 58.7 Å². The molecule has 10 nitrogen and oxygen atoms in total. The zero-order valence-electron chi connectivity index (χ0n) is 20.5. The first-order valence-corrected chi connectivity index (χ1v) is 12.1. The molecule has 35 heavy (non-hydrogen) atoms. The van der Waals surface area contributed by atoms with E-state index < -0.39 is 37.2 Å². The van der Waals surface area contributed by atoms with E-state index >= 15 is 0 Å². The minimum Gasteiger partial charge on any atom is -0.394 e. The highest BCUT2D eigenvalue weighted by atomic mass is 35.5. The quantitative estimate of drug-likeness (QED) is 0.107. The van der Waals surface area contributed by atoms with E-state index in [2.05, 4.69) is 10.6 Å². The van der Waals surface area contributed by atoms with Crippen LogP contribution < -0.4 is 10.6 Å². The van der Waals surface area contributed by atoms with Crippen molar-refractivity contribution in [2.75, 3.05) is 44.2 Å². The number of hydrogen-bond acceptors (Lipinski definition) is 8. The highest BCUT2D eigenvalue weighted by Crippen LogP contribution is 2.33. The number of aliphatic hydroxyl groups is 4. The first kappa shape index (κ1) is 31.0. The van der Waals surface area contributed by atoms with Crippen molar-refractivity contribution in [2.24, 2.45) is 0 Å². The Morgan fingerprint density at radius 2 is 1.69 bits per heavy atom. The number of Topliss-reactive ketones (excluding diaryl/α,β-unsaturated/α-hetero) is 1. The number of aliphatic hydroxyl groups excluding tert-OH is 4. The summed E-state index contributed by atoms with van der Waals surface area (Å²) in [4.78, 5) is 38.8. The van der Waals surface area contributed by atoms with Gasteiger partial charge in [-0.1, -0.05) is 6.92 Å². The molecule has 0 radical (unpaired) electrons. The van der Waals surface area contributed by atoms with Gasteiger partial charge in [0.1, 0.15) is 6.61 Å². The molecule has 1 aromatic carbocycles. The lowest BCUT2D eigenvalue weighted by molar-refractivity contribution is -0.120. The summed E-state index contributed by atoms with van der Waals surface area (Å²) in [5, 5.41) is 42.7. The fraction of sp³-hybridized carbons (Fsp3) is 0.625.